The van der Waals surface area contributed by atoms with Gasteiger partial charge >= 0.3 is 0 Å². The first-order valence-electron chi connectivity index (χ1n) is 7.61. The Morgan fingerprint density at radius 3 is 2.68 bits per heavy atom. The van der Waals surface area contributed by atoms with Crippen molar-refractivity contribution in [2.75, 3.05) is 0 Å². The van der Waals surface area contributed by atoms with Gasteiger partial charge in [-0.05, 0) is 18.9 Å². The van der Waals surface area contributed by atoms with Gasteiger partial charge in [-0.1, -0.05) is 55.4 Å². The van der Waals surface area contributed by atoms with Gasteiger partial charge in [0.05, 0.1) is 11.3 Å². The summed E-state index contributed by atoms with van der Waals surface area (Å²) in [7, 11) is 1.93. The van der Waals surface area contributed by atoms with Gasteiger partial charge in [0, 0.05) is 19.4 Å². The highest BCUT2D eigenvalue weighted by molar-refractivity contribution is 8.00. The molecule has 0 bridgehead atoms. The fourth-order valence-electron chi connectivity index (χ4n) is 2.26. The molecular formula is C17H23N3OS. The molecule has 0 aliphatic heterocycles. The molecule has 0 aliphatic rings. The minimum atomic E-state index is -0.177. The van der Waals surface area contributed by atoms with Crippen LogP contribution in [0.25, 0.3) is 0 Å². The number of amides is 1. The van der Waals surface area contributed by atoms with Gasteiger partial charge < -0.3 is 9.88 Å². The smallest absolute Gasteiger partial charge is 0.233 e. The summed E-state index contributed by atoms with van der Waals surface area (Å²) in [5.74, 6) is 0.0512. The molecule has 1 amide bonds. The quantitative estimate of drug-likeness (QED) is 0.794. The van der Waals surface area contributed by atoms with Crippen LogP contribution in [0.2, 0.25) is 0 Å². The van der Waals surface area contributed by atoms with E-state index >= 15 is 0 Å². The zero-order valence-corrected chi connectivity index (χ0v) is 14.1. The van der Waals surface area contributed by atoms with Crippen LogP contribution in [0.3, 0.4) is 0 Å². The van der Waals surface area contributed by atoms with Crippen LogP contribution in [0.1, 0.15) is 38.3 Å². The van der Waals surface area contributed by atoms with Crippen LogP contribution in [-0.2, 0) is 11.8 Å². The number of thioether (sulfide) groups is 1. The first-order chi connectivity index (χ1) is 10.6. The van der Waals surface area contributed by atoms with Gasteiger partial charge in [-0.15, -0.1) is 0 Å². The van der Waals surface area contributed by atoms with Crippen molar-refractivity contribution in [1.29, 1.82) is 0 Å². The van der Waals surface area contributed by atoms with Crippen LogP contribution in [0, 0.1) is 0 Å². The number of aromatic nitrogens is 2. The predicted octanol–water partition coefficient (Wildman–Crippen LogP) is 3.56. The first-order valence-corrected chi connectivity index (χ1v) is 8.49. The summed E-state index contributed by atoms with van der Waals surface area (Å²) in [4.78, 5) is 16.7. The third kappa shape index (κ3) is 4.37. The van der Waals surface area contributed by atoms with Gasteiger partial charge in [0.2, 0.25) is 5.91 Å². The van der Waals surface area contributed by atoms with E-state index in [1.807, 2.05) is 42.9 Å². The topological polar surface area (TPSA) is 46.9 Å². The molecule has 1 N–H and O–H groups in total. The lowest BCUT2D eigenvalue weighted by Gasteiger charge is -2.21. The Bertz CT molecular complexity index is 597. The second-order valence-electron chi connectivity index (χ2n) is 5.34. The molecule has 1 aromatic carbocycles. The van der Waals surface area contributed by atoms with E-state index in [9.17, 15) is 4.79 Å². The van der Waals surface area contributed by atoms with Gasteiger partial charge in [-0.25, -0.2) is 4.98 Å². The lowest BCUT2D eigenvalue weighted by molar-refractivity contribution is -0.121. The molecule has 118 valence electrons. The van der Waals surface area contributed by atoms with Crippen LogP contribution in [0.5, 0.6) is 0 Å². The molecule has 1 heterocycles. The van der Waals surface area contributed by atoms with Crippen molar-refractivity contribution in [3.05, 3.63) is 48.3 Å². The Morgan fingerprint density at radius 1 is 1.36 bits per heavy atom. The summed E-state index contributed by atoms with van der Waals surface area (Å²) in [6.07, 6.45) is 5.60. The Labute approximate surface area is 136 Å². The van der Waals surface area contributed by atoms with Gasteiger partial charge in [0.25, 0.3) is 0 Å². The summed E-state index contributed by atoms with van der Waals surface area (Å²) >= 11 is 1.48. The number of hydrogen-bond donors (Lipinski definition) is 1. The average Bonchev–Trinajstić information content (AvgIpc) is 2.92. The summed E-state index contributed by atoms with van der Waals surface area (Å²) < 4.78 is 1.93. The molecule has 0 fully saturated rings. The van der Waals surface area contributed by atoms with E-state index in [2.05, 4.69) is 29.4 Å². The third-order valence-electron chi connectivity index (χ3n) is 3.52. The number of nitrogens with zero attached hydrogens (tertiary/aromatic N) is 2. The second-order valence-corrected chi connectivity index (χ2v) is 6.65. The van der Waals surface area contributed by atoms with Crippen LogP contribution in [0.4, 0.5) is 0 Å². The number of hydrogen-bond acceptors (Lipinski definition) is 3. The lowest BCUT2D eigenvalue weighted by Crippen LogP contribution is -2.34. The predicted molar refractivity (Wildman–Crippen MR) is 90.8 cm³/mol. The van der Waals surface area contributed by atoms with Crippen molar-refractivity contribution in [3.8, 4) is 0 Å². The van der Waals surface area contributed by atoms with Crippen LogP contribution in [-0.4, -0.2) is 20.7 Å². The molecule has 4 nitrogen and oxygen atoms in total. The summed E-state index contributed by atoms with van der Waals surface area (Å²) in [6.45, 7) is 4.05. The highest BCUT2D eigenvalue weighted by Crippen LogP contribution is 2.23. The van der Waals surface area contributed by atoms with Crippen molar-refractivity contribution >= 4 is 17.7 Å². The summed E-state index contributed by atoms with van der Waals surface area (Å²) in [6, 6.07) is 10.2. The molecule has 0 spiro atoms. The maximum Gasteiger partial charge on any atom is 0.233 e. The molecular weight excluding hydrogens is 294 g/mol. The largest absolute Gasteiger partial charge is 0.348 e. The van der Waals surface area contributed by atoms with Crippen molar-refractivity contribution in [3.63, 3.8) is 0 Å². The third-order valence-corrected chi connectivity index (χ3v) is 4.70. The molecule has 0 aliphatic carbocycles. The number of nitrogens with one attached hydrogen (secondary N) is 1. The SMILES string of the molecule is CCCC(NC(=O)C(C)Sc1nccn1C)c1ccccc1. The van der Waals surface area contributed by atoms with Gasteiger partial charge in [-0.3, -0.25) is 4.79 Å². The number of rotatable bonds is 7. The molecule has 0 saturated heterocycles. The van der Waals surface area contributed by atoms with E-state index in [-0.39, 0.29) is 17.2 Å². The van der Waals surface area contributed by atoms with E-state index in [0.29, 0.717) is 0 Å². The fourth-order valence-corrected chi connectivity index (χ4v) is 3.10. The Hall–Kier alpha value is -1.75. The van der Waals surface area contributed by atoms with Crippen molar-refractivity contribution in [2.45, 2.75) is 43.1 Å². The highest BCUT2D eigenvalue weighted by Gasteiger charge is 2.20. The molecule has 2 unspecified atom stereocenters. The minimum Gasteiger partial charge on any atom is -0.348 e. The number of aryl methyl sites for hydroxylation is 1. The van der Waals surface area contributed by atoms with Crippen molar-refractivity contribution in [1.82, 2.24) is 14.9 Å². The van der Waals surface area contributed by atoms with Crippen molar-refractivity contribution in [2.24, 2.45) is 7.05 Å². The van der Waals surface area contributed by atoms with E-state index < -0.39 is 0 Å². The zero-order chi connectivity index (χ0) is 15.9. The van der Waals surface area contributed by atoms with E-state index in [0.717, 1.165) is 23.6 Å². The van der Waals surface area contributed by atoms with E-state index in [4.69, 9.17) is 0 Å². The molecule has 2 atom stereocenters. The monoisotopic (exact) mass is 317 g/mol. The van der Waals surface area contributed by atoms with Crippen molar-refractivity contribution < 1.29 is 4.79 Å². The molecule has 1 aromatic heterocycles. The van der Waals surface area contributed by atoms with Gasteiger partial charge in [0.1, 0.15) is 0 Å². The maximum atomic E-state index is 12.5. The van der Waals surface area contributed by atoms with Crippen LogP contribution < -0.4 is 5.32 Å². The zero-order valence-electron chi connectivity index (χ0n) is 13.3. The van der Waals surface area contributed by atoms with E-state index in [1.54, 1.807) is 6.20 Å². The van der Waals surface area contributed by atoms with Crippen LogP contribution >= 0.6 is 11.8 Å². The lowest BCUT2D eigenvalue weighted by atomic mass is 10.0. The number of benzene rings is 1. The second kappa shape index (κ2) is 8.03. The van der Waals surface area contributed by atoms with Gasteiger partial charge in [0.15, 0.2) is 5.16 Å². The Balaban J connectivity index is 2.00. The molecule has 2 rings (SSSR count). The average molecular weight is 317 g/mol. The normalized spacial score (nSPS) is 13.6. The molecule has 0 saturated carbocycles. The Kier molecular flexibility index (Phi) is 6.07. The Morgan fingerprint density at radius 2 is 2.09 bits per heavy atom. The summed E-state index contributed by atoms with van der Waals surface area (Å²) in [5, 5.41) is 3.85. The van der Waals surface area contributed by atoms with Gasteiger partial charge in [-0.2, -0.15) is 0 Å². The summed E-state index contributed by atoms with van der Waals surface area (Å²) in [5.41, 5.74) is 1.16. The number of imidazole rings is 1. The standard InChI is InChI=1S/C17H23N3OS/c1-4-8-15(14-9-6-5-7-10-14)19-16(21)13(2)22-17-18-11-12-20(17)3/h5-7,9-13,15H,4,8H2,1-3H3,(H,19,21). The minimum absolute atomic E-state index is 0.0512. The molecule has 2 aromatic rings. The maximum absolute atomic E-state index is 12.5. The first kappa shape index (κ1) is 16.6. The van der Waals surface area contributed by atoms with E-state index in [1.165, 1.54) is 11.8 Å². The van der Waals surface area contributed by atoms with Crippen LogP contribution in [0.15, 0.2) is 47.9 Å². The number of carbonyl (C=O) groups excluding carboxylic acids is 1. The fraction of sp³-hybridized carbons (Fsp3) is 0.412. The highest BCUT2D eigenvalue weighted by atomic mass is 32.2. The molecule has 0 radical (unpaired) electrons. The molecule has 22 heavy (non-hydrogen) atoms. The number of carbonyl (C=O) groups is 1. The molecule has 5 heteroatoms.